The van der Waals surface area contributed by atoms with E-state index in [2.05, 4.69) is 13.8 Å². The molecule has 68 valence electrons. The van der Waals surface area contributed by atoms with Gasteiger partial charge in [-0.05, 0) is 6.42 Å². The molecule has 0 spiro atoms. The Morgan fingerprint density at radius 2 is 2.18 bits per heavy atom. The number of rotatable bonds is 6. The Morgan fingerprint density at radius 1 is 1.55 bits per heavy atom. The summed E-state index contributed by atoms with van der Waals surface area (Å²) in [5.41, 5.74) is 5.74. The van der Waals surface area contributed by atoms with E-state index in [4.69, 9.17) is 10.5 Å². The van der Waals surface area contributed by atoms with Crippen LogP contribution in [0.25, 0.3) is 0 Å². The highest BCUT2D eigenvalue weighted by Crippen LogP contribution is 2.13. The van der Waals surface area contributed by atoms with E-state index in [9.17, 15) is 0 Å². The van der Waals surface area contributed by atoms with Crippen molar-refractivity contribution >= 4 is 11.8 Å². The molecule has 0 amide bonds. The Balaban J connectivity index is 3.22. The van der Waals surface area contributed by atoms with Crippen molar-refractivity contribution in [2.45, 2.75) is 31.6 Å². The van der Waals surface area contributed by atoms with E-state index in [1.54, 1.807) is 7.11 Å². The molecule has 0 heterocycles. The molecule has 2 nitrogen and oxygen atoms in total. The van der Waals surface area contributed by atoms with E-state index in [0.29, 0.717) is 6.61 Å². The maximum absolute atomic E-state index is 5.74. The van der Waals surface area contributed by atoms with Gasteiger partial charge in [0, 0.05) is 24.2 Å². The molecule has 0 saturated heterocycles. The Bertz CT molecular complexity index is 90.2. The summed E-state index contributed by atoms with van der Waals surface area (Å²) in [6.07, 6.45) is 1.21. The molecule has 0 bridgehead atoms. The molecule has 0 aromatic carbocycles. The lowest BCUT2D eigenvalue weighted by atomic mass is 10.4. The first-order valence-electron chi connectivity index (χ1n) is 4.06. The van der Waals surface area contributed by atoms with Crippen LogP contribution in [-0.4, -0.2) is 30.8 Å². The Kier molecular flexibility index (Phi) is 7.12. The molecule has 0 aromatic rings. The maximum atomic E-state index is 5.74. The number of hydrogen-bond acceptors (Lipinski definition) is 3. The fraction of sp³-hybridized carbons (Fsp3) is 1.00. The van der Waals surface area contributed by atoms with Crippen molar-refractivity contribution in [2.24, 2.45) is 5.73 Å². The number of thioether (sulfide) groups is 1. The lowest BCUT2D eigenvalue weighted by Gasteiger charge is -2.12. The minimum absolute atomic E-state index is 0.194. The second kappa shape index (κ2) is 6.95. The summed E-state index contributed by atoms with van der Waals surface area (Å²) in [5, 5.41) is 0.720. The van der Waals surface area contributed by atoms with Crippen LogP contribution >= 0.6 is 11.8 Å². The molecular weight excluding hydrogens is 158 g/mol. The first-order valence-corrected chi connectivity index (χ1v) is 5.11. The zero-order valence-corrected chi connectivity index (χ0v) is 8.49. The van der Waals surface area contributed by atoms with Gasteiger partial charge in [-0.3, -0.25) is 0 Å². The zero-order chi connectivity index (χ0) is 8.69. The van der Waals surface area contributed by atoms with Gasteiger partial charge < -0.3 is 10.5 Å². The second-order valence-corrected chi connectivity index (χ2v) is 4.24. The monoisotopic (exact) mass is 177 g/mol. The van der Waals surface area contributed by atoms with E-state index in [0.717, 1.165) is 11.0 Å². The Labute approximate surface area is 73.9 Å². The lowest BCUT2D eigenvalue weighted by Crippen LogP contribution is -2.28. The zero-order valence-electron chi connectivity index (χ0n) is 7.67. The number of methoxy groups -OCH3 is 1. The summed E-state index contributed by atoms with van der Waals surface area (Å²) in [5.74, 6) is 1.00. The highest BCUT2D eigenvalue weighted by Gasteiger charge is 2.04. The summed E-state index contributed by atoms with van der Waals surface area (Å²) in [6.45, 7) is 5.09. The summed E-state index contributed by atoms with van der Waals surface area (Å²) in [4.78, 5) is 0. The molecule has 0 aromatic heterocycles. The predicted octanol–water partition coefficient (Wildman–Crippen LogP) is 1.49. The summed E-state index contributed by atoms with van der Waals surface area (Å²) >= 11 is 1.92. The molecule has 2 N–H and O–H groups in total. The van der Waals surface area contributed by atoms with E-state index in [1.165, 1.54) is 6.42 Å². The lowest BCUT2D eigenvalue weighted by molar-refractivity contribution is 0.186. The van der Waals surface area contributed by atoms with Crippen molar-refractivity contribution in [3.05, 3.63) is 0 Å². The number of hydrogen-bond donors (Lipinski definition) is 1. The molecule has 0 aliphatic carbocycles. The van der Waals surface area contributed by atoms with Crippen molar-refractivity contribution in [3.8, 4) is 0 Å². The first kappa shape index (κ1) is 11.3. The van der Waals surface area contributed by atoms with E-state index >= 15 is 0 Å². The van der Waals surface area contributed by atoms with Gasteiger partial charge in [0.1, 0.15) is 0 Å². The van der Waals surface area contributed by atoms with Gasteiger partial charge in [0.05, 0.1) is 6.61 Å². The molecule has 0 rings (SSSR count). The molecule has 0 fully saturated rings. The third-order valence-electron chi connectivity index (χ3n) is 1.55. The fourth-order valence-electron chi connectivity index (χ4n) is 0.668. The van der Waals surface area contributed by atoms with Gasteiger partial charge in [0.25, 0.3) is 0 Å². The van der Waals surface area contributed by atoms with Crippen LogP contribution in [0.1, 0.15) is 20.3 Å². The standard InChI is InChI=1S/C8H19NOS/c1-4-7(2)11-6-8(9)5-10-3/h7-8H,4-6,9H2,1-3H3. The predicted molar refractivity (Wildman–Crippen MR) is 52.1 cm³/mol. The molecule has 3 heteroatoms. The summed E-state index contributed by atoms with van der Waals surface area (Å²) in [6, 6.07) is 0.194. The summed E-state index contributed by atoms with van der Waals surface area (Å²) in [7, 11) is 1.69. The van der Waals surface area contributed by atoms with Crippen molar-refractivity contribution < 1.29 is 4.74 Å². The number of nitrogens with two attached hydrogens (primary N) is 1. The topological polar surface area (TPSA) is 35.2 Å². The largest absolute Gasteiger partial charge is 0.383 e. The average molecular weight is 177 g/mol. The van der Waals surface area contributed by atoms with Crippen LogP contribution in [0.2, 0.25) is 0 Å². The van der Waals surface area contributed by atoms with Crippen LogP contribution in [0.3, 0.4) is 0 Å². The normalized spacial score (nSPS) is 16.4. The van der Waals surface area contributed by atoms with Gasteiger partial charge in [-0.15, -0.1) is 0 Å². The molecule has 0 radical (unpaired) electrons. The number of ether oxygens (including phenoxy) is 1. The van der Waals surface area contributed by atoms with Crippen LogP contribution in [0.15, 0.2) is 0 Å². The SMILES string of the molecule is CCC(C)SCC(N)COC. The van der Waals surface area contributed by atoms with Crippen molar-refractivity contribution in [1.29, 1.82) is 0 Å². The molecule has 0 aliphatic rings. The van der Waals surface area contributed by atoms with Gasteiger partial charge >= 0.3 is 0 Å². The van der Waals surface area contributed by atoms with E-state index in [-0.39, 0.29) is 6.04 Å². The van der Waals surface area contributed by atoms with Gasteiger partial charge in [0.2, 0.25) is 0 Å². The van der Waals surface area contributed by atoms with Crippen LogP contribution in [0, 0.1) is 0 Å². The fourth-order valence-corrected chi connectivity index (χ4v) is 1.58. The van der Waals surface area contributed by atoms with Gasteiger partial charge in [0.15, 0.2) is 0 Å². The molecule has 2 unspecified atom stereocenters. The van der Waals surface area contributed by atoms with E-state index in [1.807, 2.05) is 11.8 Å². The molecule has 0 saturated carbocycles. The third-order valence-corrected chi connectivity index (χ3v) is 3.07. The summed E-state index contributed by atoms with van der Waals surface area (Å²) < 4.78 is 4.93. The quantitative estimate of drug-likeness (QED) is 0.667. The molecular formula is C8H19NOS. The van der Waals surface area contributed by atoms with Crippen molar-refractivity contribution in [3.63, 3.8) is 0 Å². The molecule has 2 atom stereocenters. The maximum Gasteiger partial charge on any atom is 0.0621 e. The smallest absolute Gasteiger partial charge is 0.0621 e. The highest BCUT2D eigenvalue weighted by molar-refractivity contribution is 7.99. The van der Waals surface area contributed by atoms with Crippen LogP contribution in [-0.2, 0) is 4.74 Å². The highest BCUT2D eigenvalue weighted by atomic mass is 32.2. The third kappa shape index (κ3) is 6.66. The molecule has 11 heavy (non-hydrogen) atoms. The van der Waals surface area contributed by atoms with Gasteiger partial charge in [-0.25, -0.2) is 0 Å². The van der Waals surface area contributed by atoms with Crippen molar-refractivity contribution in [1.82, 2.24) is 0 Å². The Morgan fingerprint density at radius 3 is 2.64 bits per heavy atom. The Hall–Kier alpha value is 0.270. The molecule has 0 aliphatic heterocycles. The van der Waals surface area contributed by atoms with Crippen LogP contribution < -0.4 is 5.73 Å². The van der Waals surface area contributed by atoms with Crippen molar-refractivity contribution in [2.75, 3.05) is 19.5 Å². The minimum atomic E-state index is 0.194. The van der Waals surface area contributed by atoms with Crippen LogP contribution in [0.5, 0.6) is 0 Å². The van der Waals surface area contributed by atoms with Crippen LogP contribution in [0.4, 0.5) is 0 Å². The second-order valence-electron chi connectivity index (χ2n) is 2.77. The average Bonchev–Trinajstić information content (AvgIpc) is 2.01. The van der Waals surface area contributed by atoms with E-state index < -0.39 is 0 Å². The first-order chi connectivity index (χ1) is 5.20. The minimum Gasteiger partial charge on any atom is -0.383 e. The van der Waals surface area contributed by atoms with Gasteiger partial charge in [-0.1, -0.05) is 13.8 Å². The van der Waals surface area contributed by atoms with Gasteiger partial charge in [-0.2, -0.15) is 11.8 Å².